The normalized spacial score (nSPS) is 24.1. The average Bonchev–Trinajstić information content (AvgIpc) is 2.70. The largest absolute Gasteiger partial charge is 0.394 e. The molecule has 1 saturated heterocycles. The van der Waals surface area contributed by atoms with Gasteiger partial charge in [-0.2, -0.15) is 0 Å². The highest BCUT2D eigenvalue weighted by atomic mass is 79.9. The maximum atomic E-state index is 10.7. The number of carbonyl (C=O) groups excluding carboxylic acids is 1. The zero-order valence-electron chi connectivity index (χ0n) is 9.77. The van der Waals surface area contributed by atoms with Gasteiger partial charge in [-0.1, -0.05) is 6.92 Å². The lowest BCUT2D eigenvalue weighted by molar-refractivity contribution is 0.112. The summed E-state index contributed by atoms with van der Waals surface area (Å²) < 4.78 is 0.807. The maximum Gasteiger partial charge on any atom is 0.151 e. The molecule has 2 unspecified atom stereocenters. The molecule has 3 nitrogen and oxygen atoms in total. The Morgan fingerprint density at radius 3 is 2.94 bits per heavy atom. The van der Waals surface area contributed by atoms with Gasteiger partial charge < -0.3 is 10.0 Å². The number of rotatable bonds is 3. The highest BCUT2D eigenvalue weighted by Gasteiger charge is 2.30. The molecule has 92 valence electrons. The number of aldehydes is 1. The van der Waals surface area contributed by atoms with Crippen LogP contribution in [0.15, 0.2) is 22.7 Å². The molecule has 1 heterocycles. The van der Waals surface area contributed by atoms with Crippen LogP contribution in [0, 0.1) is 5.92 Å². The van der Waals surface area contributed by atoms with Crippen LogP contribution in [0.1, 0.15) is 23.7 Å². The summed E-state index contributed by atoms with van der Waals surface area (Å²) in [6.07, 6.45) is 1.93. The van der Waals surface area contributed by atoms with Crippen LogP contribution < -0.4 is 4.90 Å². The fourth-order valence-corrected chi connectivity index (χ4v) is 2.86. The minimum absolute atomic E-state index is 0.175. The molecule has 1 N–H and O–H groups in total. The van der Waals surface area contributed by atoms with Crippen LogP contribution in [-0.4, -0.2) is 30.6 Å². The van der Waals surface area contributed by atoms with Crippen LogP contribution in [0.3, 0.4) is 0 Å². The molecule has 17 heavy (non-hydrogen) atoms. The van der Waals surface area contributed by atoms with Crippen molar-refractivity contribution in [2.45, 2.75) is 19.4 Å². The first-order valence-corrected chi connectivity index (χ1v) is 6.59. The van der Waals surface area contributed by atoms with E-state index in [9.17, 15) is 9.90 Å². The van der Waals surface area contributed by atoms with Gasteiger partial charge in [0.05, 0.1) is 12.6 Å². The minimum atomic E-state index is 0.175. The van der Waals surface area contributed by atoms with Gasteiger partial charge >= 0.3 is 0 Å². The molecule has 0 spiro atoms. The molecular weight excluding hydrogens is 282 g/mol. The lowest BCUT2D eigenvalue weighted by atomic mass is 10.0. The van der Waals surface area contributed by atoms with E-state index in [1.165, 1.54) is 0 Å². The van der Waals surface area contributed by atoms with E-state index in [-0.39, 0.29) is 12.6 Å². The monoisotopic (exact) mass is 297 g/mol. The third-order valence-corrected chi connectivity index (χ3v) is 4.20. The summed E-state index contributed by atoms with van der Waals surface area (Å²) in [6.45, 7) is 3.29. The number of hydrogen-bond donors (Lipinski definition) is 1. The topological polar surface area (TPSA) is 40.5 Å². The van der Waals surface area contributed by atoms with E-state index in [0.29, 0.717) is 11.5 Å². The van der Waals surface area contributed by atoms with Crippen LogP contribution in [0.2, 0.25) is 0 Å². The lowest BCUT2D eigenvalue weighted by Gasteiger charge is -2.27. The smallest absolute Gasteiger partial charge is 0.151 e. The molecule has 4 heteroatoms. The van der Waals surface area contributed by atoms with E-state index in [2.05, 4.69) is 27.8 Å². The summed E-state index contributed by atoms with van der Waals surface area (Å²) in [5, 5.41) is 9.43. The van der Waals surface area contributed by atoms with Crippen molar-refractivity contribution in [3.63, 3.8) is 0 Å². The van der Waals surface area contributed by atoms with Crippen molar-refractivity contribution >= 4 is 27.9 Å². The standard InChI is InChI=1S/C13H16BrNO2/c1-9-4-5-15(13(9)8-17)11-3-2-10(7-16)12(14)6-11/h2-3,6-7,9,13,17H,4-5,8H2,1H3. The molecule has 2 atom stereocenters. The van der Waals surface area contributed by atoms with Crippen molar-refractivity contribution in [3.8, 4) is 0 Å². The Bertz CT molecular complexity index is 422. The summed E-state index contributed by atoms with van der Waals surface area (Å²) in [4.78, 5) is 13.0. The first-order valence-electron chi connectivity index (χ1n) is 5.79. The number of halogens is 1. The van der Waals surface area contributed by atoms with E-state index in [4.69, 9.17) is 0 Å². The molecule has 0 saturated carbocycles. The first kappa shape index (κ1) is 12.6. The Morgan fingerprint density at radius 2 is 2.35 bits per heavy atom. The van der Waals surface area contributed by atoms with E-state index in [1.807, 2.05) is 18.2 Å². The summed E-state index contributed by atoms with van der Waals surface area (Å²) >= 11 is 3.39. The molecule has 0 bridgehead atoms. The third-order valence-electron chi connectivity index (χ3n) is 3.51. The fraction of sp³-hybridized carbons (Fsp3) is 0.462. The fourth-order valence-electron chi connectivity index (χ4n) is 2.40. The molecule has 1 aromatic rings. The van der Waals surface area contributed by atoms with Crippen molar-refractivity contribution in [2.75, 3.05) is 18.1 Å². The van der Waals surface area contributed by atoms with Crippen molar-refractivity contribution in [2.24, 2.45) is 5.92 Å². The Kier molecular flexibility index (Phi) is 3.84. The second-order valence-corrected chi connectivity index (χ2v) is 5.39. The van der Waals surface area contributed by atoms with Gasteiger partial charge in [-0.3, -0.25) is 4.79 Å². The number of anilines is 1. The third kappa shape index (κ3) is 2.38. The molecule has 0 aromatic heterocycles. The van der Waals surface area contributed by atoms with E-state index < -0.39 is 0 Å². The van der Waals surface area contributed by atoms with E-state index in [0.717, 1.165) is 29.4 Å². The number of aliphatic hydroxyl groups is 1. The second kappa shape index (κ2) is 5.19. The van der Waals surface area contributed by atoms with Crippen molar-refractivity contribution in [3.05, 3.63) is 28.2 Å². The number of carbonyl (C=O) groups is 1. The predicted molar refractivity (Wildman–Crippen MR) is 71.5 cm³/mol. The van der Waals surface area contributed by atoms with Gasteiger partial charge in [0, 0.05) is 22.3 Å². The quantitative estimate of drug-likeness (QED) is 0.872. The molecule has 0 radical (unpaired) electrons. The van der Waals surface area contributed by atoms with Crippen molar-refractivity contribution in [1.82, 2.24) is 0 Å². The lowest BCUT2D eigenvalue weighted by Crippen LogP contribution is -2.35. The van der Waals surface area contributed by atoms with Crippen molar-refractivity contribution < 1.29 is 9.90 Å². The average molecular weight is 298 g/mol. The van der Waals surface area contributed by atoms with Crippen LogP contribution >= 0.6 is 15.9 Å². The van der Waals surface area contributed by atoms with Crippen LogP contribution in [-0.2, 0) is 0 Å². The van der Waals surface area contributed by atoms with Gasteiger partial charge in [0.1, 0.15) is 0 Å². The van der Waals surface area contributed by atoms with Gasteiger partial charge in [0.2, 0.25) is 0 Å². The number of benzene rings is 1. The molecule has 1 aliphatic rings. The summed E-state index contributed by atoms with van der Waals surface area (Å²) in [6, 6.07) is 5.88. The van der Waals surface area contributed by atoms with Gasteiger partial charge in [0.15, 0.2) is 6.29 Å². The summed E-state index contributed by atoms with van der Waals surface area (Å²) in [5.74, 6) is 0.504. The van der Waals surface area contributed by atoms with E-state index in [1.54, 1.807) is 0 Å². The number of nitrogens with zero attached hydrogens (tertiary/aromatic N) is 1. The van der Waals surface area contributed by atoms with Crippen LogP contribution in [0.4, 0.5) is 5.69 Å². The Morgan fingerprint density at radius 1 is 1.59 bits per heavy atom. The van der Waals surface area contributed by atoms with Crippen molar-refractivity contribution in [1.29, 1.82) is 0 Å². The second-order valence-electron chi connectivity index (χ2n) is 4.53. The highest BCUT2D eigenvalue weighted by molar-refractivity contribution is 9.10. The predicted octanol–water partition coefficient (Wildman–Crippen LogP) is 2.47. The van der Waals surface area contributed by atoms with Gasteiger partial charge in [0.25, 0.3) is 0 Å². The summed E-state index contributed by atoms with van der Waals surface area (Å²) in [5.41, 5.74) is 1.72. The molecule has 1 aromatic carbocycles. The zero-order valence-corrected chi connectivity index (χ0v) is 11.4. The van der Waals surface area contributed by atoms with Crippen LogP contribution in [0.5, 0.6) is 0 Å². The van der Waals surface area contributed by atoms with Crippen LogP contribution in [0.25, 0.3) is 0 Å². The van der Waals surface area contributed by atoms with E-state index >= 15 is 0 Å². The highest BCUT2D eigenvalue weighted by Crippen LogP contribution is 2.31. The van der Waals surface area contributed by atoms with Gasteiger partial charge in [-0.15, -0.1) is 0 Å². The van der Waals surface area contributed by atoms with Gasteiger partial charge in [-0.25, -0.2) is 0 Å². The molecule has 1 fully saturated rings. The van der Waals surface area contributed by atoms with Gasteiger partial charge in [-0.05, 0) is 46.5 Å². The molecule has 0 amide bonds. The maximum absolute atomic E-state index is 10.7. The molecular formula is C13H16BrNO2. The minimum Gasteiger partial charge on any atom is -0.394 e. The first-order chi connectivity index (χ1) is 8.17. The molecule has 0 aliphatic carbocycles. The number of aliphatic hydroxyl groups excluding tert-OH is 1. The molecule has 1 aliphatic heterocycles. The summed E-state index contributed by atoms with van der Waals surface area (Å²) in [7, 11) is 0. The Labute approximate surface area is 110 Å². The number of hydrogen-bond acceptors (Lipinski definition) is 3. The SMILES string of the molecule is CC1CCN(c2ccc(C=O)c(Br)c2)C1CO. The Hall–Kier alpha value is -0.870. The Balaban J connectivity index is 2.28. The zero-order chi connectivity index (χ0) is 12.4. The molecule has 2 rings (SSSR count).